The highest BCUT2D eigenvalue weighted by Gasteiger charge is 2.48. The summed E-state index contributed by atoms with van der Waals surface area (Å²) in [5, 5.41) is 8.43. The largest absolute Gasteiger partial charge is 0.295 e. The van der Waals surface area contributed by atoms with Gasteiger partial charge < -0.3 is 0 Å². The summed E-state index contributed by atoms with van der Waals surface area (Å²) in [6.45, 7) is 1.44. The van der Waals surface area contributed by atoms with Crippen LogP contribution in [0.25, 0.3) is 0 Å². The minimum absolute atomic E-state index is 0.0410. The average molecular weight is 360 g/mol. The number of hydrogen-bond donors (Lipinski definition) is 0. The molecular weight excluding hydrogens is 340 g/mol. The van der Waals surface area contributed by atoms with Gasteiger partial charge in [0.05, 0.1) is 23.3 Å². The van der Waals surface area contributed by atoms with Gasteiger partial charge in [0.25, 0.3) is 0 Å². The molecule has 25 heavy (non-hydrogen) atoms. The van der Waals surface area contributed by atoms with E-state index in [1.807, 2.05) is 0 Å². The van der Waals surface area contributed by atoms with Crippen molar-refractivity contribution in [1.29, 1.82) is 0 Å². The number of aromatic nitrogens is 3. The molecule has 2 aliphatic heterocycles. The first-order valence-corrected chi connectivity index (χ1v) is 9.91. The molecule has 2 atom stereocenters. The first kappa shape index (κ1) is 16.4. The van der Waals surface area contributed by atoms with Crippen LogP contribution in [0.4, 0.5) is 0 Å². The van der Waals surface area contributed by atoms with E-state index in [1.165, 1.54) is 13.0 Å². The van der Waals surface area contributed by atoms with Crippen molar-refractivity contribution in [2.45, 2.75) is 55.6 Å². The molecule has 0 N–H and O–H groups in total. The van der Waals surface area contributed by atoms with Gasteiger partial charge in [-0.15, -0.1) is 0 Å². The molecule has 1 aromatic carbocycles. The molecule has 2 fully saturated rings. The van der Waals surface area contributed by atoms with Gasteiger partial charge in [-0.3, -0.25) is 4.79 Å². The average Bonchev–Trinajstić information content (AvgIpc) is 3.22. The molecule has 0 radical (unpaired) electrons. The molecule has 4 rings (SSSR count). The van der Waals surface area contributed by atoms with E-state index in [0.29, 0.717) is 5.56 Å². The van der Waals surface area contributed by atoms with Crippen molar-refractivity contribution in [3.63, 3.8) is 0 Å². The first-order valence-electron chi connectivity index (χ1n) is 8.47. The van der Waals surface area contributed by atoms with Crippen molar-refractivity contribution in [3.05, 3.63) is 42.2 Å². The van der Waals surface area contributed by atoms with Crippen molar-refractivity contribution < 1.29 is 13.2 Å². The minimum Gasteiger partial charge on any atom is -0.295 e. The summed E-state index contributed by atoms with van der Waals surface area (Å²) >= 11 is 0. The van der Waals surface area contributed by atoms with Crippen LogP contribution in [0.2, 0.25) is 0 Å². The maximum Gasteiger partial charge on any atom is 0.243 e. The van der Waals surface area contributed by atoms with Crippen LogP contribution < -0.4 is 0 Å². The lowest BCUT2D eigenvalue weighted by molar-refractivity contribution is 0.101. The summed E-state index contributed by atoms with van der Waals surface area (Å²) in [7, 11) is -3.62. The fourth-order valence-electron chi connectivity index (χ4n) is 4.10. The number of fused-ring (bicyclic) bond motifs is 2. The van der Waals surface area contributed by atoms with Crippen LogP contribution in [0.1, 0.15) is 49.0 Å². The highest BCUT2D eigenvalue weighted by Crippen LogP contribution is 2.43. The molecule has 0 spiro atoms. The third-order valence-electron chi connectivity index (χ3n) is 5.22. The number of piperidine rings is 1. The molecule has 0 saturated carbocycles. The van der Waals surface area contributed by atoms with Crippen molar-refractivity contribution in [3.8, 4) is 0 Å². The maximum atomic E-state index is 13.2. The van der Waals surface area contributed by atoms with Crippen LogP contribution in [-0.4, -0.2) is 45.6 Å². The molecule has 7 nitrogen and oxygen atoms in total. The van der Waals surface area contributed by atoms with E-state index in [2.05, 4.69) is 10.2 Å². The van der Waals surface area contributed by atoms with Gasteiger partial charge in [0.15, 0.2) is 5.78 Å². The van der Waals surface area contributed by atoms with Crippen molar-refractivity contribution in [1.82, 2.24) is 19.3 Å². The zero-order valence-electron chi connectivity index (χ0n) is 13.9. The SMILES string of the molecule is CC(=O)c1cccc(S(=O)(=O)N2C3CCC2CC(n2nccn2)C3)c1. The smallest absolute Gasteiger partial charge is 0.243 e. The van der Waals surface area contributed by atoms with Gasteiger partial charge in [-0.2, -0.15) is 19.3 Å². The van der Waals surface area contributed by atoms with E-state index in [-0.39, 0.29) is 28.8 Å². The zero-order chi connectivity index (χ0) is 17.6. The fourth-order valence-corrected chi connectivity index (χ4v) is 6.04. The number of rotatable bonds is 4. The molecule has 0 aliphatic carbocycles. The van der Waals surface area contributed by atoms with Gasteiger partial charge in [0.2, 0.25) is 10.0 Å². The number of sulfonamides is 1. The second-order valence-corrected chi connectivity index (χ2v) is 8.62. The molecule has 3 heterocycles. The second-order valence-electron chi connectivity index (χ2n) is 6.78. The summed E-state index contributed by atoms with van der Waals surface area (Å²) in [4.78, 5) is 13.5. The summed E-state index contributed by atoms with van der Waals surface area (Å²) < 4.78 is 28.0. The Morgan fingerprint density at radius 3 is 2.32 bits per heavy atom. The predicted molar refractivity (Wildman–Crippen MR) is 90.6 cm³/mol. The van der Waals surface area contributed by atoms with Gasteiger partial charge in [-0.05, 0) is 44.7 Å². The van der Waals surface area contributed by atoms with Crippen molar-refractivity contribution in [2.24, 2.45) is 0 Å². The van der Waals surface area contributed by atoms with Crippen molar-refractivity contribution in [2.75, 3.05) is 0 Å². The number of benzene rings is 1. The van der Waals surface area contributed by atoms with Crippen LogP contribution in [0.15, 0.2) is 41.6 Å². The lowest BCUT2D eigenvalue weighted by Crippen LogP contribution is -2.47. The fraction of sp³-hybridized carbons (Fsp3) is 0.471. The number of carbonyl (C=O) groups excluding carboxylic acids is 1. The van der Waals surface area contributed by atoms with Crippen LogP contribution in [0, 0.1) is 0 Å². The number of Topliss-reactive ketones (excluding diaryl/α,β-unsaturated/α-hetero) is 1. The van der Waals surface area contributed by atoms with Gasteiger partial charge >= 0.3 is 0 Å². The zero-order valence-corrected chi connectivity index (χ0v) is 14.8. The standard InChI is InChI=1S/C17H20N4O3S/c1-12(22)13-3-2-4-17(9-13)25(23,24)20-14-5-6-15(20)11-16(10-14)21-18-7-8-19-21/h2-4,7-9,14-16H,5-6,10-11H2,1H3. The van der Waals surface area contributed by atoms with Crippen LogP contribution >= 0.6 is 0 Å². The van der Waals surface area contributed by atoms with E-state index >= 15 is 0 Å². The lowest BCUT2D eigenvalue weighted by Gasteiger charge is -2.37. The molecule has 2 unspecified atom stereocenters. The Hall–Kier alpha value is -2.06. The Morgan fingerprint density at radius 1 is 1.08 bits per heavy atom. The van der Waals surface area contributed by atoms with E-state index in [0.717, 1.165) is 25.7 Å². The third kappa shape index (κ3) is 2.79. The van der Waals surface area contributed by atoms with E-state index in [1.54, 1.807) is 39.7 Å². The van der Waals surface area contributed by atoms with E-state index in [9.17, 15) is 13.2 Å². The topological polar surface area (TPSA) is 85.2 Å². The second kappa shape index (κ2) is 6.03. The molecule has 1 aromatic heterocycles. The van der Waals surface area contributed by atoms with Crippen molar-refractivity contribution >= 4 is 15.8 Å². The summed E-state index contributed by atoms with van der Waals surface area (Å²) in [5.41, 5.74) is 0.420. The Bertz CT molecular complexity index is 880. The highest BCUT2D eigenvalue weighted by atomic mass is 32.2. The molecule has 2 aliphatic rings. The predicted octanol–water partition coefficient (Wildman–Crippen LogP) is 2.04. The summed E-state index contributed by atoms with van der Waals surface area (Å²) in [5.74, 6) is -0.136. The van der Waals surface area contributed by atoms with Gasteiger partial charge in [-0.1, -0.05) is 12.1 Å². The van der Waals surface area contributed by atoms with Crippen LogP contribution in [0.5, 0.6) is 0 Å². The molecule has 0 amide bonds. The Balaban J connectivity index is 1.64. The Morgan fingerprint density at radius 2 is 1.72 bits per heavy atom. The highest BCUT2D eigenvalue weighted by molar-refractivity contribution is 7.89. The van der Waals surface area contributed by atoms with Gasteiger partial charge in [-0.25, -0.2) is 8.42 Å². The number of carbonyl (C=O) groups is 1. The molecule has 132 valence electrons. The van der Waals surface area contributed by atoms with Gasteiger partial charge in [0.1, 0.15) is 0 Å². The van der Waals surface area contributed by atoms with E-state index in [4.69, 9.17) is 0 Å². The van der Waals surface area contributed by atoms with Crippen LogP contribution in [0.3, 0.4) is 0 Å². The maximum absolute atomic E-state index is 13.2. The Labute approximate surface area is 146 Å². The van der Waals surface area contributed by atoms with E-state index < -0.39 is 10.0 Å². The quantitative estimate of drug-likeness (QED) is 0.779. The number of nitrogens with zero attached hydrogens (tertiary/aromatic N) is 4. The monoisotopic (exact) mass is 360 g/mol. The normalized spacial score (nSPS) is 26.7. The Kier molecular flexibility index (Phi) is 3.96. The number of ketones is 1. The molecular formula is C17H20N4O3S. The first-order chi connectivity index (χ1) is 12.0. The lowest BCUT2D eigenvalue weighted by atomic mass is 10.0. The van der Waals surface area contributed by atoms with Crippen LogP contribution in [-0.2, 0) is 10.0 Å². The summed E-state index contributed by atoms with van der Waals surface area (Å²) in [6, 6.07) is 6.39. The van der Waals surface area contributed by atoms with Gasteiger partial charge in [0, 0.05) is 17.6 Å². The molecule has 2 saturated heterocycles. The molecule has 2 aromatic rings. The number of hydrogen-bond acceptors (Lipinski definition) is 5. The molecule has 2 bridgehead atoms. The third-order valence-corrected chi connectivity index (χ3v) is 7.22. The molecule has 8 heteroatoms. The summed E-state index contributed by atoms with van der Waals surface area (Å²) in [6.07, 6.45) is 6.45. The minimum atomic E-state index is -3.62.